The van der Waals surface area contributed by atoms with Crippen LogP contribution < -0.4 is 15.4 Å². The molecular formula is C19H29IN4O2S. The van der Waals surface area contributed by atoms with Crippen molar-refractivity contribution in [2.24, 2.45) is 4.99 Å². The Morgan fingerprint density at radius 1 is 1.26 bits per heavy atom. The highest BCUT2D eigenvalue weighted by molar-refractivity contribution is 14.0. The summed E-state index contributed by atoms with van der Waals surface area (Å²) in [5, 5.41) is 16.8. The molecular weight excluding hydrogens is 475 g/mol. The summed E-state index contributed by atoms with van der Waals surface area (Å²) in [4.78, 5) is 9.94. The first kappa shape index (κ1) is 23.6. The van der Waals surface area contributed by atoms with Crippen molar-refractivity contribution in [1.29, 1.82) is 0 Å². The molecule has 1 atom stereocenters. The molecule has 2 aromatic rings. The maximum atomic E-state index is 10.4. The molecule has 27 heavy (non-hydrogen) atoms. The smallest absolute Gasteiger partial charge is 0.191 e. The van der Waals surface area contributed by atoms with Gasteiger partial charge in [0, 0.05) is 18.0 Å². The molecule has 0 fully saturated rings. The van der Waals surface area contributed by atoms with Crippen molar-refractivity contribution in [1.82, 2.24) is 15.6 Å². The minimum Gasteiger partial charge on any atom is -0.491 e. The number of guanidine groups is 1. The lowest BCUT2D eigenvalue weighted by Gasteiger charge is -2.16. The average molecular weight is 504 g/mol. The number of aliphatic imine (C=N–C) groups is 1. The standard InChI is InChI=1S/C19H28N4O2S.HI/c1-5-20-19(22-11-18-14(4)23-12-26-18)21-10-17(24)15-6-8-16(9-7-15)25-13(2)3;/h6-9,12-13,17,24H,5,10-11H2,1-4H3,(H2,20,21,22);1H. The molecule has 0 saturated heterocycles. The van der Waals surface area contributed by atoms with Crippen molar-refractivity contribution in [2.75, 3.05) is 13.1 Å². The van der Waals surface area contributed by atoms with Gasteiger partial charge in [0.1, 0.15) is 5.75 Å². The predicted octanol–water partition coefficient (Wildman–Crippen LogP) is 3.65. The molecule has 3 N–H and O–H groups in total. The van der Waals surface area contributed by atoms with Gasteiger partial charge in [0.05, 0.1) is 30.0 Å². The summed E-state index contributed by atoms with van der Waals surface area (Å²) in [6.07, 6.45) is -0.495. The number of hydrogen-bond donors (Lipinski definition) is 3. The third-order valence-corrected chi connectivity index (χ3v) is 4.59. The number of thiazole rings is 1. The van der Waals surface area contributed by atoms with E-state index in [4.69, 9.17) is 4.74 Å². The van der Waals surface area contributed by atoms with Crippen LogP contribution in [0.15, 0.2) is 34.8 Å². The van der Waals surface area contributed by atoms with Crippen molar-refractivity contribution in [3.63, 3.8) is 0 Å². The quantitative estimate of drug-likeness (QED) is 0.291. The Balaban J connectivity index is 0.00000364. The zero-order valence-corrected chi connectivity index (χ0v) is 19.4. The second kappa shape index (κ2) is 12.1. The summed E-state index contributed by atoms with van der Waals surface area (Å²) in [5.74, 6) is 1.48. The van der Waals surface area contributed by atoms with Crippen LogP contribution in [0, 0.1) is 6.92 Å². The van der Waals surface area contributed by atoms with E-state index < -0.39 is 6.10 Å². The van der Waals surface area contributed by atoms with Crippen LogP contribution in [0.2, 0.25) is 0 Å². The van der Waals surface area contributed by atoms with E-state index in [1.54, 1.807) is 11.3 Å². The van der Waals surface area contributed by atoms with E-state index in [0.29, 0.717) is 19.0 Å². The molecule has 8 heteroatoms. The Labute approximate surface area is 182 Å². The highest BCUT2D eigenvalue weighted by atomic mass is 127. The first-order valence-electron chi connectivity index (χ1n) is 8.85. The maximum absolute atomic E-state index is 10.4. The van der Waals surface area contributed by atoms with Crippen molar-refractivity contribution in [2.45, 2.75) is 46.4 Å². The Kier molecular flexibility index (Phi) is 10.6. The van der Waals surface area contributed by atoms with Crippen LogP contribution in [-0.2, 0) is 6.54 Å². The van der Waals surface area contributed by atoms with Gasteiger partial charge in [-0.05, 0) is 45.4 Å². The van der Waals surface area contributed by atoms with Gasteiger partial charge in [0.25, 0.3) is 0 Å². The van der Waals surface area contributed by atoms with Gasteiger partial charge in [-0.15, -0.1) is 35.3 Å². The van der Waals surface area contributed by atoms with Gasteiger partial charge in [-0.2, -0.15) is 0 Å². The van der Waals surface area contributed by atoms with E-state index in [2.05, 4.69) is 20.6 Å². The monoisotopic (exact) mass is 504 g/mol. The minimum absolute atomic E-state index is 0. The molecule has 0 spiro atoms. The fourth-order valence-electron chi connectivity index (χ4n) is 2.32. The number of benzene rings is 1. The van der Waals surface area contributed by atoms with Gasteiger partial charge < -0.3 is 20.5 Å². The van der Waals surface area contributed by atoms with E-state index in [-0.39, 0.29) is 30.1 Å². The van der Waals surface area contributed by atoms with E-state index >= 15 is 0 Å². The summed E-state index contributed by atoms with van der Waals surface area (Å²) in [7, 11) is 0. The Bertz CT molecular complexity index is 704. The molecule has 0 aliphatic rings. The zero-order chi connectivity index (χ0) is 18.9. The Morgan fingerprint density at radius 3 is 2.52 bits per heavy atom. The maximum Gasteiger partial charge on any atom is 0.191 e. The Hall–Kier alpha value is -1.39. The van der Waals surface area contributed by atoms with Crippen molar-refractivity contribution < 1.29 is 9.84 Å². The summed E-state index contributed by atoms with van der Waals surface area (Å²) in [6.45, 7) is 9.67. The highest BCUT2D eigenvalue weighted by Crippen LogP contribution is 2.18. The van der Waals surface area contributed by atoms with Crippen LogP contribution in [0.25, 0.3) is 0 Å². The largest absolute Gasteiger partial charge is 0.491 e. The van der Waals surface area contributed by atoms with Crippen LogP contribution >= 0.6 is 35.3 Å². The fourth-order valence-corrected chi connectivity index (χ4v) is 3.02. The van der Waals surface area contributed by atoms with Crippen LogP contribution in [0.3, 0.4) is 0 Å². The minimum atomic E-state index is -0.628. The van der Waals surface area contributed by atoms with Crippen molar-refractivity contribution in [3.8, 4) is 5.75 Å². The van der Waals surface area contributed by atoms with E-state index in [0.717, 1.165) is 28.4 Å². The van der Waals surface area contributed by atoms with Gasteiger partial charge in [-0.3, -0.25) is 0 Å². The van der Waals surface area contributed by atoms with Crippen LogP contribution in [0.1, 0.15) is 43.0 Å². The number of aliphatic hydroxyl groups excluding tert-OH is 1. The molecule has 1 heterocycles. The van der Waals surface area contributed by atoms with Gasteiger partial charge >= 0.3 is 0 Å². The van der Waals surface area contributed by atoms with E-state index in [1.807, 2.05) is 57.5 Å². The first-order chi connectivity index (χ1) is 12.5. The first-order valence-corrected chi connectivity index (χ1v) is 9.73. The van der Waals surface area contributed by atoms with Crippen LogP contribution in [0.5, 0.6) is 5.75 Å². The van der Waals surface area contributed by atoms with Crippen LogP contribution in [-0.4, -0.2) is 35.2 Å². The average Bonchev–Trinajstić information content (AvgIpc) is 3.02. The number of aliphatic hydroxyl groups is 1. The molecule has 0 amide bonds. The predicted molar refractivity (Wildman–Crippen MR) is 122 cm³/mol. The molecule has 0 aliphatic heterocycles. The molecule has 0 saturated carbocycles. The molecule has 0 aliphatic carbocycles. The number of halogens is 1. The third-order valence-electron chi connectivity index (χ3n) is 3.67. The zero-order valence-electron chi connectivity index (χ0n) is 16.2. The van der Waals surface area contributed by atoms with Gasteiger partial charge in [0.15, 0.2) is 5.96 Å². The fraction of sp³-hybridized carbons (Fsp3) is 0.474. The number of hydrogen-bond acceptors (Lipinski definition) is 5. The van der Waals surface area contributed by atoms with E-state index in [9.17, 15) is 5.11 Å². The third kappa shape index (κ3) is 8.02. The molecule has 1 aromatic carbocycles. The summed E-state index contributed by atoms with van der Waals surface area (Å²) < 4.78 is 5.63. The molecule has 6 nitrogen and oxygen atoms in total. The molecule has 2 rings (SSSR count). The molecule has 0 bridgehead atoms. The highest BCUT2D eigenvalue weighted by Gasteiger charge is 2.09. The number of nitrogens with zero attached hydrogens (tertiary/aromatic N) is 2. The number of aryl methyl sites for hydroxylation is 1. The summed E-state index contributed by atoms with van der Waals surface area (Å²) in [6, 6.07) is 7.53. The van der Waals surface area contributed by atoms with Crippen molar-refractivity contribution in [3.05, 3.63) is 45.9 Å². The number of aromatic nitrogens is 1. The molecule has 1 unspecified atom stereocenters. The van der Waals surface area contributed by atoms with Gasteiger partial charge in [-0.25, -0.2) is 9.98 Å². The van der Waals surface area contributed by atoms with Gasteiger partial charge in [0.2, 0.25) is 0 Å². The topological polar surface area (TPSA) is 78.8 Å². The number of ether oxygens (including phenoxy) is 1. The second-order valence-corrected chi connectivity index (χ2v) is 7.13. The molecule has 150 valence electrons. The van der Waals surface area contributed by atoms with E-state index in [1.165, 1.54) is 0 Å². The second-order valence-electron chi connectivity index (χ2n) is 6.19. The lowest BCUT2D eigenvalue weighted by molar-refractivity contribution is 0.180. The number of nitrogens with one attached hydrogen (secondary N) is 2. The van der Waals surface area contributed by atoms with Gasteiger partial charge in [-0.1, -0.05) is 12.1 Å². The number of rotatable bonds is 8. The van der Waals surface area contributed by atoms with Crippen LogP contribution in [0.4, 0.5) is 0 Å². The SMILES string of the molecule is CCNC(=NCc1scnc1C)NCC(O)c1ccc(OC(C)C)cc1.I. The summed E-state index contributed by atoms with van der Waals surface area (Å²) >= 11 is 1.60. The lowest BCUT2D eigenvalue weighted by Crippen LogP contribution is -2.39. The van der Waals surface area contributed by atoms with Crippen molar-refractivity contribution >= 4 is 41.3 Å². The normalized spacial score (nSPS) is 12.4. The summed E-state index contributed by atoms with van der Waals surface area (Å²) in [5.41, 5.74) is 3.68. The molecule has 1 aromatic heterocycles. The Morgan fingerprint density at radius 2 is 1.96 bits per heavy atom. The lowest BCUT2D eigenvalue weighted by atomic mass is 10.1. The molecule has 0 radical (unpaired) electrons.